The molecule has 0 N–H and O–H groups in total. The van der Waals surface area contributed by atoms with Gasteiger partial charge in [0.05, 0.1) is 4.92 Å². The zero-order valence-electron chi connectivity index (χ0n) is 9.17. The lowest BCUT2D eigenvalue weighted by Gasteiger charge is -2.02. The highest BCUT2D eigenvalue weighted by Crippen LogP contribution is 2.22. The van der Waals surface area contributed by atoms with Gasteiger partial charge in [0.15, 0.2) is 5.78 Å². The molecule has 0 aliphatic rings. The van der Waals surface area contributed by atoms with Crippen LogP contribution in [0.15, 0.2) is 48.5 Å². The van der Waals surface area contributed by atoms with Gasteiger partial charge in [-0.05, 0) is 18.2 Å². The van der Waals surface area contributed by atoms with Gasteiger partial charge in [0.25, 0.3) is 5.69 Å². The lowest BCUT2D eigenvalue weighted by Crippen LogP contribution is -2.05. The lowest BCUT2D eigenvalue weighted by atomic mass is 10.0. The molecule has 0 saturated carbocycles. The van der Waals surface area contributed by atoms with Crippen LogP contribution in [0.1, 0.15) is 15.9 Å². The van der Waals surface area contributed by atoms with E-state index in [0.29, 0.717) is 10.6 Å². The molecular weight excluding hydrogens is 254 g/mol. The largest absolute Gasteiger partial charge is 0.288 e. The smallest absolute Gasteiger partial charge is 0.280 e. The standard InChI is InChI=1S/C13H8ClNO3/c14-10-5-3-4-9(8-10)13(16)11-6-1-2-7-12(11)15(17)18/h1-8H. The topological polar surface area (TPSA) is 60.2 Å². The van der Waals surface area contributed by atoms with Gasteiger partial charge in [0, 0.05) is 16.7 Å². The maximum atomic E-state index is 12.2. The molecule has 0 aliphatic heterocycles. The van der Waals surface area contributed by atoms with E-state index in [1.807, 2.05) is 0 Å². The predicted molar refractivity (Wildman–Crippen MR) is 68.0 cm³/mol. The van der Waals surface area contributed by atoms with Crippen molar-refractivity contribution in [2.75, 3.05) is 0 Å². The summed E-state index contributed by atoms with van der Waals surface area (Å²) < 4.78 is 0. The van der Waals surface area contributed by atoms with Crippen LogP contribution in [0.25, 0.3) is 0 Å². The van der Waals surface area contributed by atoms with Crippen LogP contribution in [0.5, 0.6) is 0 Å². The van der Waals surface area contributed by atoms with Crippen molar-refractivity contribution in [1.82, 2.24) is 0 Å². The van der Waals surface area contributed by atoms with Crippen LogP contribution >= 0.6 is 11.6 Å². The number of carbonyl (C=O) groups excluding carboxylic acids is 1. The molecule has 2 aromatic carbocycles. The van der Waals surface area contributed by atoms with Gasteiger partial charge in [-0.1, -0.05) is 35.9 Å². The second-order valence-corrected chi connectivity index (χ2v) is 4.05. The molecule has 2 aromatic rings. The highest BCUT2D eigenvalue weighted by Gasteiger charge is 2.20. The first-order valence-corrected chi connectivity index (χ1v) is 5.51. The molecule has 0 saturated heterocycles. The molecule has 0 bridgehead atoms. The van der Waals surface area contributed by atoms with E-state index < -0.39 is 10.7 Å². The normalized spacial score (nSPS) is 10.1. The van der Waals surface area contributed by atoms with E-state index >= 15 is 0 Å². The van der Waals surface area contributed by atoms with Crippen molar-refractivity contribution >= 4 is 23.1 Å². The van der Waals surface area contributed by atoms with Gasteiger partial charge in [0.2, 0.25) is 0 Å². The second-order valence-electron chi connectivity index (χ2n) is 3.61. The fraction of sp³-hybridized carbons (Fsp3) is 0. The van der Waals surface area contributed by atoms with Gasteiger partial charge in [0.1, 0.15) is 5.56 Å². The molecule has 0 amide bonds. The van der Waals surface area contributed by atoms with Gasteiger partial charge in [-0.3, -0.25) is 14.9 Å². The monoisotopic (exact) mass is 261 g/mol. The number of nitro benzene ring substituents is 1. The molecule has 0 aromatic heterocycles. The number of para-hydroxylation sites is 1. The minimum absolute atomic E-state index is 0.0600. The van der Waals surface area contributed by atoms with Crippen molar-refractivity contribution in [3.8, 4) is 0 Å². The molecule has 18 heavy (non-hydrogen) atoms. The number of halogens is 1. The van der Waals surface area contributed by atoms with Gasteiger partial charge in [-0.2, -0.15) is 0 Å². The molecule has 2 rings (SSSR count). The molecule has 0 heterocycles. The van der Waals surface area contributed by atoms with E-state index in [1.54, 1.807) is 24.3 Å². The van der Waals surface area contributed by atoms with Crippen molar-refractivity contribution < 1.29 is 9.72 Å². The van der Waals surface area contributed by atoms with Crippen LogP contribution in [-0.2, 0) is 0 Å². The molecule has 0 spiro atoms. The SMILES string of the molecule is O=C(c1cccc(Cl)c1)c1ccccc1[N+](=O)[O-]. The summed E-state index contributed by atoms with van der Waals surface area (Å²) in [5, 5.41) is 11.3. The first-order valence-electron chi connectivity index (χ1n) is 5.13. The van der Waals surface area contributed by atoms with Crippen molar-refractivity contribution in [3.05, 3.63) is 74.8 Å². The maximum Gasteiger partial charge on any atom is 0.280 e. The van der Waals surface area contributed by atoms with E-state index in [0.717, 1.165) is 0 Å². The number of benzene rings is 2. The Morgan fingerprint density at radius 3 is 2.50 bits per heavy atom. The second kappa shape index (κ2) is 4.98. The van der Waals surface area contributed by atoms with E-state index in [2.05, 4.69) is 0 Å². The quantitative estimate of drug-likeness (QED) is 0.483. The van der Waals surface area contributed by atoms with Crippen molar-refractivity contribution in [1.29, 1.82) is 0 Å². The first kappa shape index (κ1) is 12.3. The fourth-order valence-corrected chi connectivity index (χ4v) is 1.80. The Morgan fingerprint density at radius 2 is 1.83 bits per heavy atom. The molecule has 0 unspecified atom stereocenters. The molecule has 0 aliphatic carbocycles. The molecule has 0 radical (unpaired) electrons. The van der Waals surface area contributed by atoms with Crippen LogP contribution in [-0.4, -0.2) is 10.7 Å². The summed E-state index contributed by atoms with van der Waals surface area (Å²) in [6.07, 6.45) is 0. The Kier molecular flexibility index (Phi) is 3.39. The minimum Gasteiger partial charge on any atom is -0.288 e. The number of hydrogen-bond donors (Lipinski definition) is 0. The molecule has 90 valence electrons. The fourth-order valence-electron chi connectivity index (χ4n) is 1.61. The Hall–Kier alpha value is -2.20. The molecule has 0 atom stereocenters. The van der Waals surface area contributed by atoms with Crippen molar-refractivity contribution in [3.63, 3.8) is 0 Å². The third-order valence-corrected chi connectivity index (χ3v) is 2.67. The number of nitro groups is 1. The summed E-state index contributed by atoms with van der Waals surface area (Å²) in [4.78, 5) is 22.4. The van der Waals surface area contributed by atoms with Crippen molar-refractivity contribution in [2.24, 2.45) is 0 Å². The van der Waals surface area contributed by atoms with Crippen LogP contribution in [0.3, 0.4) is 0 Å². The number of hydrogen-bond acceptors (Lipinski definition) is 3. The molecule has 4 nitrogen and oxygen atoms in total. The number of carbonyl (C=O) groups is 1. The van der Waals surface area contributed by atoms with Crippen LogP contribution in [0.2, 0.25) is 5.02 Å². The number of nitrogens with zero attached hydrogens (tertiary/aromatic N) is 1. The maximum absolute atomic E-state index is 12.2. The average Bonchev–Trinajstić information content (AvgIpc) is 2.38. The Balaban J connectivity index is 2.50. The Morgan fingerprint density at radius 1 is 1.11 bits per heavy atom. The average molecular weight is 262 g/mol. The van der Waals surface area contributed by atoms with Gasteiger partial charge >= 0.3 is 0 Å². The highest BCUT2D eigenvalue weighted by atomic mass is 35.5. The zero-order valence-corrected chi connectivity index (χ0v) is 9.92. The van der Waals surface area contributed by atoms with E-state index in [1.165, 1.54) is 24.3 Å². The van der Waals surface area contributed by atoms with E-state index in [9.17, 15) is 14.9 Å². The Bertz CT molecular complexity index is 625. The number of ketones is 1. The van der Waals surface area contributed by atoms with Crippen molar-refractivity contribution in [2.45, 2.75) is 0 Å². The van der Waals surface area contributed by atoms with Crippen LogP contribution in [0, 0.1) is 10.1 Å². The lowest BCUT2D eigenvalue weighted by molar-refractivity contribution is -0.385. The van der Waals surface area contributed by atoms with Gasteiger partial charge in [-0.15, -0.1) is 0 Å². The predicted octanol–water partition coefficient (Wildman–Crippen LogP) is 3.48. The Labute approximate surface area is 108 Å². The van der Waals surface area contributed by atoms with E-state index in [4.69, 9.17) is 11.6 Å². The summed E-state index contributed by atoms with van der Waals surface area (Å²) in [5.74, 6) is -0.412. The minimum atomic E-state index is -0.572. The molecule has 5 heteroatoms. The summed E-state index contributed by atoms with van der Waals surface area (Å²) in [6, 6.07) is 12.2. The summed E-state index contributed by atoms with van der Waals surface area (Å²) in [5.41, 5.74) is 0.184. The molecular formula is C13H8ClNO3. The van der Waals surface area contributed by atoms with Gasteiger partial charge < -0.3 is 0 Å². The van der Waals surface area contributed by atoms with Crippen LogP contribution in [0.4, 0.5) is 5.69 Å². The van der Waals surface area contributed by atoms with E-state index in [-0.39, 0.29) is 11.3 Å². The third kappa shape index (κ3) is 2.38. The highest BCUT2D eigenvalue weighted by molar-refractivity contribution is 6.31. The number of rotatable bonds is 3. The summed E-state index contributed by atoms with van der Waals surface area (Å²) in [7, 11) is 0. The van der Waals surface area contributed by atoms with Gasteiger partial charge in [-0.25, -0.2) is 0 Å². The third-order valence-electron chi connectivity index (χ3n) is 2.43. The first-order chi connectivity index (χ1) is 8.59. The summed E-state index contributed by atoms with van der Waals surface area (Å²) >= 11 is 5.79. The summed E-state index contributed by atoms with van der Waals surface area (Å²) in [6.45, 7) is 0. The van der Waals surface area contributed by atoms with Crippen LogP contribution < -0.4 is 0 Å². The zero-order chi connectivity index (χ0) is 13.1. The molecule has 0 fully saturated rings.